The lowest BCUT2D eigenvalue weighted by Gasteiger charge is -2.05. The van der Waals surface area contributed by atoms with Crippen LogP contribution in [-0.4, -0.2) is 20.9 Å². The number of amides is 1. The predicted molar refractivity (Wildman–Crippen MR) is 90.5 cm³/mol. The highest BCUT2D eigenvalue weighted by atomic mass is 16.1. The summed E-state index contributed by atoms with van der Waals surface area (Å²) in [6, 6.07) is 13.4. The number of nitrogens with zero attached hydrogens (tertiary/aromatic N) is 2. The summed E-state index contributed by atoms with van der Waals surface area (Å²) >= 11 is 0. The molecular formula is C18H14N4O. The highest BCUT2D eigenvalue weighted by Gasteiger charge is 2.11. The lowest BCUT2D eigenvalue weighted by Crippen LogP contribution is -2.12. The number of carbonyl (C=O) groups is 1. The minimum Gasteiger partial charge on any atom is -0.350 e. The van der Waals surface area contributed by atoms with Crippen molar-refractivity contribution >= 4 is 33.4 Å². The summed E-state index contributed by atoms with van der Waals surface area (Å²) in [6.07, 6.45) is 3.23. The van der Waals surface area contributed by atoms with Crippen LogP contribution in [0.3, 0.4) is 0 Å². The number of aromatic nitrogens is 3. The van der Waals surface area contributed by atoms with Crippen LogP contribution in [0.1, 0.15) is 16.1 Å². The maximum atomic E-state index is 12.5. The summed E-state index contributed by atoms with van der Waals surface area (Å²) in [5.41, 5.74) is 4.21. The zero-order chi connectivity index (χ0) is 15.8. The van der Waals surface area contributed by atoms with Crippen molar-refractivity contribution in [3.63, 3.8) is 0 Å². The Morgan fingerprint density at radius 2 is 2.04 bits per heavy atom. The number of aromatic amines is 1. The van der Waals surface area contributed by atoms with E-state index in [0.717, 1.165) is 27.4 Å². The number of benzene rings is 2. The van der Waals surface area contributed by atoms with Crippen LogP contribution in [0.2, 0.25) is 0 Å². The Labute approximate surface area is 132 Å². The zero-order valence-corrected chi connectivity index (χ0v) is 12.5. The highest BCUT2D eigenvalue weighted by molar-refractivity contribution is 6.06. The minimum atomic E-state index is -0.170. The maximum Gasteiger partial charge on any atom is 0.272 e. The predicted octanol–water partition coefficient (Wildman–Crippen LogP) is 3.67. The average Bonchev–Trinajstić information content (AvgIpc) is 3.01. The van der Waals surface area contributed by atoms with E-state index in [-0.39, 0.29) is 5.91 Å². The third-order valence-corrected chi connectivity index (χ3v) is 3.87. The van der Waals surface area contributed by atoms with Crippen LogP contribution < -0.4 is 5.32 Å². The second-order valence-electron chi connectivity index (χ2n) is 5.47. The topological polar surface area (TPSA) is 70.7 Å². The molecule has 4 aromatic rings. The number of anilines is 1. The van der Waals surface area contributed by atoms with E-state index in [9.17, 15) is 4.79 Å². The van der Waals surface area contributed by atoms with Crippen molar-refractivity contribution in [3.05, 3.63) is 66.2 Å². The van der Waals surface area contributed by atoms with E-state index >= 15 is 0 Å². The first-order valence-corrected chi connectivity index (χ1v) is 7.30. The number of aryl methyl sites for hydroxylation is 1. The second-order valence-corrected chi connectivity index (χ2v) is 5.47. The van der Waals surface area contributed by atoms with Gasteiger partial charge in [-0.2, -0.15) is 0 Å². The number of fused-ring (bicyclic) bond motifs is 2. The molecule has 2 aromatic carbocycles. The normalized spacial score (nSPS) is 11.0. The summed E-state index contributed by atoms with van der Waals surface area (Å²) in [5.74, 6) is -0.170. The van der Waals surface area contributed by atoms with E-state index in [4.69, 9.17) is 0 Å². The molecule has 1 amide bonds. The largest absolute Gasteiger partial charge is 0.350 e. The third-order valence-electron chi connectivity index (χ3n) is 3.87. The first-order chi connectivity index (χ1) is 11.2. The number of hydrogen-bond donors (Lipinski definition) is 2. The van der Waals surface area contributed by atoms with Crippen molar-refractivity contribution in [1.82, 2.24) is 15.0 Å². The summed E-state index contributed by atoms with van der Waals surface area (Å²) in [6.45, 7) is 2.02. The zero-order valence-electron chi connectivity index (χ0n) is 12.5. The van der Waals surface area contributed by atoms with Gasteiger partial charge in [0.2, 0.25) is 0 Å². The van der Waals surface area contributed by atoms with Gasteiger partial charge in [-0.3, -0.25) is 4.79 Å². The number of hydrogen-bond acceptors (Lipinski definition) is 3. The molecule has 2 N–H and O–H groups in total. The van der Waals surface area contributed by atoms with Crippen LogP contribution >= 0.6 is 0 Å². The van der Waals surface area contributed by atoms with Crippen LogP contribution in [-0.2, 0) is 0 Å². The van der Waals surface area contributed by atoms with Gasteiger partial charge in [0, 0.05) is 28.2 Å². The van der Waals surface area contributed by atoms with Gasteiger partial charge in [0.05, 0.1) is 5.52 Å². The summed E-state index contributed by atoms with van der Waals surface area (Å²) in [4.78, 5) is 23.8. The van der Waals surface area contributed by atoms with E-state index in [1.54, 1.807) is 6.20 Å². The Morgan fingerprint density at radius 3 is 2.91 bits per heavy atom. The van der Waals surface area contributed by atoms with E-state index in [0.29, 0.717) is 11.4 Å². The van der Waals surface area contributed by atoms with Crippen LogP contribution in [0.15, 0.2) is 55.0 Å². The van der Waals surface area contributed by atoms with E-state index in [2.05, 4.69) is 20.3 Å². The molecule has 0 aliphatic rings. The Balaban J connectivity index is 1.66. The minimum absolute atomic E-state index is 0.170. The fraction of sp³-hybridized carbons (Fsp3) is 0.0556. The average molecular weight is 302 g/mol. The molecule has 0 fully saturated rings. The van der Waals surface area contributed by atoms with E-state index in [1.807, 2.05) is 49.4 Å². The van der Waals surface area contributed by atoms with Gasteiger partial charge < -0.3 is 10.3 Å². The SMILES string of the molecule is Cc1cccc2cc(C(=O)Nc3ccc4ncncc4c3)[nH]c12. The molecule has 5 heteroatoms. The van der Waals surface area contributed by atoms with Crippen molar-refractivity contribution in [2.75, 3.05) is 5.32 Å². The van der Waals surface area contributed by atoms with Gasteiger partial charge in [-0.05, 0) is 36.8 Å². The lowest BCUT2D eigenvalue weighted by atomic mass is 10.2. The smallest absolute Gasteiger partial charge is 0.272 e. The summed E-state index contributed by atoms with van der Waals surface area (Å²) in [5, 5.41) is 4.82. The Bertz CT molecular complexity index is 1040. The molecule has 4 rings (SSSR count). The Morgan fingerprint density at radius 1 is 1.13 bits per heavy atom. The van der Waals surface area contributed by atoms with Crippen molar-refractivity contribution < 1.29 is 4.79 Å². The summed E-state index contributed by atoms with van der Waals surface area (Å²) < 4.78 is 0. The monoisotopic (exact) mass is 302 g/mol. The van der Waals surface area contributed by atoms with Gasteiger partial charge in [0.15, 0.2) is 0 Å². The molecule has 2 heterocycles. The quantitative estimate of drug-likeness (QED) is 0.593. The molecule has 112 valence electrons. The molecule has 2 aromatic heterocycles. The first kappa shape index (κ1) is 13.5. The van der Waals surface area contributed by atoms with E-state index in [1.165, 1.54) is 6.33 Å². The van der Waals surface area contributed by atoms with Crippen LogP contribution in [0.4, 0.5) is 5.69 Å². The number of H-pyrrole nitrogens is 1. The molecule has 0 saturated heterocycles. The van der Waals surface area contributed by atoms with Gasteiger partial charge in [0.25, 0.3) is 5.91 Å². The lowest BCUT2D eigenvalue weighted by molar-refractivity contribution is 0.102. The molecule has 0 aliphatic carbocycles. The number of carbonyl (C=O) groups excluding carboxylic acids is 1. The third kappa shape index (κ3) is 2.42. The van der Waals surface area contributed by atoms with Gasteiger partial charge in [-0.1, -0.05) is 18.2 Å². The molecule has 0 bridgehead atoms. The molecule has 0 unspecified atom stereocenters. The Hall–Kier alpha value is -3.21. The van der Waals surface area contributed by atoms with Crippen molar-refractivity contribution in [2.45, 2.75) is 6.92 Å². The number of nitrogens with one attached hydrogen (secondary N) is 2. The molecular weight excluding hydrogens is 288 g/mol. The molecule has 0 saturated carbocycles. The van der Waals surface area contributed by atoms with Gasteiger partial charge in [0.1, 0.15) is 12.0 Å². The molecule has 0 atom stereocenters. The van der Waals surface area contributed by atoms with Gasteiger partial charge in [-0.15, -0.1) is 0 Å². The van der Waals surface area contributed by atoms with Gasteiger partial charge >= 0.3 is 0 Å². The number of rotatable bonds is 2. The Kier molecular flexibility index (Phi) is 3.05. The fourth-order valence-electron chi connectivity index (χ4n) is 2.69. The van der Waals surface area contributed by atoms with Crippen LogP contribution in [0, 0.1) is 6.92 Å². The molecule has 5 nitrogen and oxygen atoms in total. The second kappa shape index (κ2) is 5.21. The molecule has 0 radical (unpaired) electrons. The highest BCUT2D eigenvalue weighted by Crippen LogP contribution is 2.21. The fourth-order valence-corrected chi connectivity index (χ4v) is 2.69. The van der Waals surface area contributed by atoms with Crippen LogP contribution in [0.5, 0.6) is 0 Å². The maximum absolute atomic E-state index is 12.5. The molecule has 0 aliphatic heterocycles. The number of para-hydroxylation sites is 1. The van der Waals surface area contributed by atoms with Crippen molar-refractivity contribution in [1.29, 1.82) is 0 Å². The standard InChI is InChI=1S/C18H14N4O/c1-11-3-2-4-12-8-16(22-17(11)12)18(23)21-14-5-6-15-13(7-14)9-19-10-20-15/h2-10,22H,1H3,(H,21,23). The first-order valence-electron chi connectivity index (χ1n) is 7.30. The van der Waals surface area contributed by atoms with Crippen molar-refractivity contribution in [3.8, 4) is 0 Å². The van der Waals surface area contributed by atoms with E-state index < -0.39 is 0 Å². The summed E-state index contributed by atoms with van der Waals surface area (Å²) in [7, 11) is 0. The van der Waals surface area contributed by atoms with Gasteiger partial charge in [-0.25, -0.2) is 9.97 Å². The van der Waals surface area contributed by atoms with Crippen molar-refractivity contribution in [2.24, 2.45) is 0 Å². The van der Waals surface area contributed by atoms with Crippen LogP contribution in [0.25, 0.3) is 21.8 Å². The molecule has 23 heavy (non-hydrogen) atoms. The molecule has 0 spiro atoms.